The Morgan fingerprint density at radius 1 is 1.44 bits per heavy atom. The van der Waals surface area contributed by atoms with Gasteiger partial charge in [-0.05, 0) is 31.4 Å². The van der Waals surface area contributed by atoms with E-state index in [2.05, 4.69) is 20.9 Å². The van der Waals surface area contributed by atoms with E-state index in [0.717, 1.165) is 18.4 Å². The first-order valence-corrected chi connectivity index (χ1v) is 7.35. The standard InChI is InChI=1S/C14H19BrN2O/c1-10-6-5-9-16-13(10)14(18)17(2)12-8-4-3-7-11(12)15/h5-6,9,11-12H,3-4,7-8H2,1-2H3. The first kappa shape index (κ1) is 13.5. The van der Waals surface area contributed by atoms with Crippen LogP contribution in [0, 0.1) is 6.92 Å². The molecule has 2 unspecified atom stereocenters. The van der Waals surface area contributed by atoms with Crippen LogP contribution in [0.1, 0.15) is 41.7 Å². The molecule has 0 spiro atoms. The van der Waals surface area contributed by atoms with Crippen LogP contribution in [-0.4, -0.2) is 33.7 Å². The van der Waals surface area contributed by atoms with Crippen LogP contribution in [0.15, 0.2) is 18.3 Å². The van der Waals surface area contributed by atoms with Gasteiger partial charge in [-0.15, -0.1) is 0 Å². The summed E-state index contributed by atoms with van der Waals surface area (Å²) in [5, 5.41) is 0. The molecule has 0 radical (unpaired) electrons. The van der Waals surface area contributed by atoms with Gasteiger partial charge in [0, 0.05) is 24.1 Å². The molecule has 0 N–H and O–H groups in total. The van der Waals surface area contributed by atoms with Gasteiger partial charge in [-0.25, -0.2) is 0 Å². The van der Waals surface area contributed by atoms with Crippen molar-refractivity contribution < 1.29 is 4.79 Å². The third kappa shape index (κ3) is 2.74. The van der Waals surface area contributed by atoms with Crippen molar-refractivity contribution >= 4 is 21.8 Å². The summed E-state index contributed by atoms with van der Waals surface area (Å²) in [5.74, 6) is 0.0319. The Hall–Kier alpha value is -0.900. The third-order valence-electron chi connectivity index (χ3n) is 3.68. The van der Waals surface area contributed by atoms with E-state index in [0.29, 0.717) is 10.5 Å². The number of rotatable bonds is 2. The molecule has 1 aromatic heterocycles. The zero-order valence-corrected chi connectivity index (χ0v) is 12.5. The molecule has 18 heavy (non-hydrogen) atoms. The van der Waals surface area contributed by atoms with Gasteiger partial charge < -0.3 is 4.90 Å². The van der Waals surface area contributed by atoms with Crippen molar-refractivity contribution in [3.05, 3.63) is 29.6 Å². The predicted octanol–water partition coefficient (Wildman–Crippen LogP) is 3.17. The highest BCUT2D eigenvalue weighted by Crippen LogP contribution is 2.28. The van der Waals surface area contributed by atoms with Crippen LogP contribution in [0.2, 0.25) is 0 Å². The van der Waals surface area contributed by atoms with Crippen LogP contribution in [0.3, 0.4) is 0 Å². The average Bonchev–Trinajstić information content (AvgIpc) is 2.38. The Morgan fingerprint density at radius 2 is 2.17 bits per heavy atom. The number of pyridine rings is 1. The molecule has 0 saturated heterocycles. The molecule has 4 heteroatoms. The largest absolute Gasteiger partial charge is 0.336 e. The minimum Gasteiger partial charge on any atom is -0.336 e. The van der Waals surface area contributed by atoms with E-state index >= 15 is 0 Å². The van der Waals surface area contributed by atoms with Crippen molar-refractivity contribution in [3.63, 3.8) is 0 Å². The molecule has 1 amide bonds. The van der Waals surface area contributed by atoms with Gasteiger partial charge in [0.1, 0.15) is 5.69 Å². The molecule has 98 valence electrons. The number of carbonyl (C=O) groups excluding carboxylic acids is 1. The second-order valence-electron chi connectivity index (χ2n) is 4.95. The quantitative estimate of drug-likeness (QED) is 0.786. The van der Waals surface area contributed by atoms with Gasteiger partial charge in [-0.1, -0.05) is 34.8 Å². The molecule has 2 atom stereocenters. The van der Waals surface area contributed by atoms with Crippen LogP contribution < -0.4 is 0 Å². The number of aromatic nitrogens is 1. The summed E-state index contributed by atoms with van der Waals surface area (Å²) < 4.78 is 0. The van der Waals surface area contributed by atoms with Crippen molar-refractivity contribution in [1.29, 1.82) is 0 Å². The lowest BCUT2D eigenvalue weighted by atomic mass is 9.94. The fourth-order valence-electron chi connectivity index (χ4n) is 2.53. The molecular weight excluding hydrogens is 292 g/mol. The number of alkyl halides is 1. The van der Waals surface area contributed by atoms with Crippen molar-refractivity contribution in [2.75, 3.05) is 7.05 Å². The van der Waals surface area contributed by atoms with Crippen LogP contribution in [-0.2, 0) is 0 Å². The maximum Gasteiger partial charge on any atom is 0.272 e. The Balaban J connectivity index is 2.16. The normalized spacial score (nSPS) is 23.7. The lowest BCUT2D eigenvalue weighted by Crippen LogP contribution is -2.44. The first-order valence-electron chi connectivity index (χ1n) is 6.44. The fourth-order valence-corrected chi connectivity index (χ4v) is 3.47. The molecule has 2 rings (SSSR count). The van der Waals surface area contributed by atoms with Gasteiger partial charge in [-0.3, -0.25) is 9.78 Å². The Kier molecular flexibility index (Phi) is 4.38. The summed E-state index contributed by atoms with van der Waals surface area (Å²) in [7, 11) is 1.89. The van der Waals surface area contributed by atoms with E-state index in [1.165, 1.54) is 12.8 Å². The molecule has 1 aliphatic carbocycles. The fraction of sp³-hybridized carbons (Fsp3) is 0.571. The lowest BCUT2D eigenvalue weighted by Gasteiger charge is -2.35. The van der Waals surface area contributed by atoms with E-state index < -0.39 is 0 Å². The molecular formula is C14H19BrN2O. The summed E-state index contributed by atoms with van der Waals surface area (Å²) >= 11 is 3.70. The van der Waals surface area contributed by atoms with Crippen molar-refractivity contribution in [3.8, 4) is 0 Å². The maximum absolute atomic E-state index is 12.5. The van der Waals surface area contributed by atoms with Gasteiger partial charge in [0.25, 0.3) is 5.91 Å². The summed E-state index contributed by atoms with van der Waals surface area (Å²) in [4.78, 5) is 18.9. The van der Waals surface area contributed by atoms with Gasteiger partial charge in [-0.2, -0.15) is 0 Å². The molecule has 0 aromatic carbocycles. The Bertz CT molecular complexity index is 436. The smallest absolute Gasteiger partial charge is 0.272 e. The highest BCUT2D eigenvalue weighted by molar-refractivity contribution is 9.09. The van der Waals surface area contributed by atoms with Crippen molar-refractivity contribution in [2.45, 2.75) is 43.5 Å². The summed E-state index contributed by atoms with van der Waals surface area (Å²) in [6.45, 7) is 1.93. The highest BCUT2D eigenvalue weighted by atomic mass is 79.9. The van der Waals surface area contributed by atoms with Crippen molar-refractivity contribution in [2.24, 2.45) is 0 Å². The molecule has 0 bridgehead atoms. The number of nitrogens with zero attached hydrogens (tertiary/aromatic N) is 2. The number of amides is 1. The molecule has 3 nitrogen and oxygen atoms in total. The third-order valence-corrected chi connectivity index (χ3v) is 4.75. The van der Waals surface area contributed by atoms with Crippen LogP contribution in [0.4, 0.5) is 0 Å². The molecule has 1 saturated carbocycles. The second-order valence-corrected chi connectivity index (χ2v) is 6.13. The number of hydrogen-bond donors (Lipinski definition) is 0. The molecule has 1 aromatic rings. The predicted molar refractivity (Wildman–Crippen MR) is 76.0 cm³/mol. The Morgan fingerprint density at radius 3 is 2.83 bits per heavy atom. The highest BCUT2D eigenvalue weighted by Gasteiger charge is 2.30. The van der Waals surface area contributed by atoms with Crippen molar-refractivity contribution in [1.82, 2.24) is 9.88 Å². The number of halogens is 1. The van der Waals surface area contributed by atoms with E-state index in [4.69, 9.17) is 0 Å². The van der Waals surface area contributed by atoms with Gasteiger partial charge in [0.2, 0.25) is 0 Å². The van der Waals surface area contributed by atoms with E-state index in [1.54, 1.807) is 6.20 Å². The maximum atomic E-state index is 12.5. The van der Waals surface area contributed by atoms with Gasteiger partial charge in [0.05, 0.1) is 0 Å². The second kappa shape index (κ2) is 5.83. The number of carbonyl (C=O) groups is 1. The SMILES string of the molecule is Cc1cccnc1C(=O)N(C)C1CCCCC1Br. The van der Waals surface area contributed by atoms with Gasteiger partial charge >= 0.3 is 0 Å². The summed E-state index contributed by atoms with van der Waals surface area (Å²) in [6.07, 6.45) is 6.34. The summed E-state index contributed by atoms with van der Waals surface area (Å²) in [6, 6.07) is 4.08. The molecule has 0 aliphatic heterocycles. The topological polar surface area (TPSA) is 33.2 Å². The molecule has 1 fully saturated rings. The van der Waals surface area contributed by atoms with E-state index in [-0.39, 0.29) is 11.9 Å². The monoisotopic (exact) mass is 310 g/mol. The number of hydrogen-bond acceptors (Lipinski definition) is 2. The van der Waals surface area contributed by atoms with E-state index in [9.17, 15) is 4.79 Å². The minimum absolute atomic E-state index is 0.0319. The van der Waals surface area contributed by atoms with Gasteiger partial charge in [0.15, 0.2) is 0 Å². The zero-order chi connectivity index (χ0) is 13.1. The van der Waals surface area contributed by atoms with Crippen LogP contribution in [0.25, 0.3) is 0 Å². The lowest BCUT2D eigenvalue weighted by molar-refractivity contribution is 0.0698. The van der Waals surface area contributed by atoms with Crippen LogP contribution in [0.5, 0.6) is 0 Å². The molecule has 1 heterocycles. The van der Waals surface area contributed by atoms with Crippen LogP contribution >= 0.6 is 15.9 Å². The molecule has 1 aliphatic rings. The minimum atomic E-state index is 0.0319. The number of aryl methyl sites for hydroxylation is 1. The zero-order valence-electron chi connectivity index (χ0n) is 10.9. The van der Waals surface area contributed by atoms with E-state index in [1.807, 2.05) is 31.0 Å². The summed E-state index contributed by atoms with van der Waals surface area (Å²) in [5.41, 5.74) is 1.52. The average molecular weight is 311 g/mol. The Labute approximate surface area is 117 Å². The first-order chi connectivity index (χ1) is 8.61.